The zero-order valence-corrected chi connectivity index (χ0v) is 12.4. The van der Waals surface area contributed by atoms with Gasteiger partial charge in [0.05, 0.1) is 8.07 Å². The Morgan fingerprint density at radius 2 is 1.53 bits per heavy atom. The highest BCUT2D eigenvalue weighted by molar-refractivity contribution is 6.77. The van der Waals surface area contributed by atoms with Gasteiger partial charge in [-0.05, 0) is 12.8 Å². The van der Waals surface area contributed by atoms with Crippen LogP contribution in [-0.4, -0.2) is 20.4 Å². The number of rotatable bonds is 9. The van der Waals surface area contributed by atoms with Crippen molar-refractivity contribution < 1.29 is 4.74 Å². The molecule has 2 heteroatoms. The maximum atomic E-state index is 6.00. The van der Waals surface area contributed by atoms with E-state index in [-0.39, 0.29) is 0 Å². The average molecular weight is 230 g/mol. The van der Waals surface area contributed by atoms with Crippen LogP contribution < -0.4 is 0 Å². The van der Waals surface area contributed by atoms with Crippen molar-refractivity contribution >= 4 is 8.07 Å². The molecule has 0 N–H and O–H groups in total. The van der Waals surface area contributed by atoms with Crippen molar-refractivity contribution in [1.82, 2.24) is 0 Å². The molecule has 0 bridgehead atoms. The van der Waals surface area contributed by atoms with E-state index in [1.807, 2.05) is 0 Å². The summed E-state index contributed by atoms with van der Waals surface area (Å²) in [6.07, 6.45) is 7.86. The van der Waals surface area contributed by atoms with Gasteiger partial charge in [0.25, 0.3) is 0 Å². The molecule has 0 saturated heterocycles. The summed E-state index contributed by atoms with van der Waals surface area (Å²) in [6, 6.07) is 0. The average Bonchev–Trinajstić information content (AvgIpc) is 2.15. The molecule has 0 aromatic rings. The molecule has 0 aliphatic carbocycles. The van der Waals surface area contributed by atoms with Crippen molar-refractivity contribution in [3.63, 3.8) is 0 Å². The first-order valence-corrected chi connectivity index (χ1v) is 10.2. The van der Waals surface area contributed by atoms with Crippen molar-refractivity contribution in [2.45, 2.75) is 77.7 Å². The van der Waals surface area contributed by atoms with E-state index < -0.39 is 8.07 Å². The summed E-state index contributed by atoms with van der Waals surface area (Å²) < 4.78 is 6.00. The van der Waals surface area contributed by atoms with E-state index in [0.717, 1.165) is 6.61 Å². The molecule has 0 radical (unpaired) electrons. The number of hydrogen-bond donors (Lipinski definition) is 0. The Morgan fingerprint density at radius 1 is 0.933 bits per heavy atom. The first-order valence-electron chi connectivity index (χ1n) is 6.64. The molecule has 92 valence electrons. The smallest absolute Gasteiger partial charge is 0.0785 e. The van der Waals surface area contributed by atoms with E-state index in [1.54, 1.807) is 0 Å². The molecular formula is C13H30OSi. The molecule has 0 aliphatic rings. The van der Waals surface area contributed by atoms with Gasteiger partial charge < -0.3 is 4.74 Å². The van der Waals surface area contributed by atoms with Gasteiger partial charge in [0.15, 0.2) is 0 Å². The van der Waals surface area contributed by atoms with Gasteiger partial charge in [-0.2, -0.15) is 0 Å². The second kappa shape index (κ2) is 8.34. The quantitative estimate of drug-likeness (QED) is 0.414. The van der Waals surface area contributed by atoms with Crippen LogP contribution >= 0.6 is 0 Å². The number of ether oxygens (including phenoxy) is 1. The van der Waals surface area contributed by atoms with Gasteiger partial charge >= 0.3 is 0 Å². The Bertz CT molecular complexity index is 140. The molecule has 1 unspecified atom stereocenters. The SMILES string of the molecule is CCCCCCCOC(CC)[Si](C)(C)C. The van der Waals surface area contributed by atoms with Crippen molar-refractivity contribution in [2.24, 2.45) is 0 Å². The summed E-state index contributed by atoms with van der Waals surface area (Å²) in [6.45, 7) is 12.7. The van der Waals surface area contributed by atoms with Gasteiger partial charge in [0, 0.05) is 12.3 Å². The van der Waals surface area contributed by atoms with E-state index in [4.69, 9.17) is 4.74 Å². The molecule has 0 heterocycles. The Kier molecular flexibility index (Phi) is 8.44. The molecule has 1 nitrogen and oxygen atoms in total. The minimum atomic E-state index is -1.08. The molecule has 1 atom stereocenters. The van der Waals surface area contributed by atoms with Crippen LogP contribution in [0.1, 0.15) is 52.4 Å². The topological polar surface area (TPSA) is 9.23 Å². The zero-order chi connectivity index (χ0) is 11.7. The van der Waals surface area contributed by atoms with Crippen molar-refractivity contribution in [1.29, 1.82) is 0 Å². The minimum absolute atomic E-state index is 0.559. The lowest BCUT2D eigenvalue weighted by molar-refractivity contribution is 0.0936. The third-order valence-electron chi connectivity index (χ3n) is 2.90. The monoisotopic (exact) mass is 230 g/mol. The van der Waals surface area contributed by atoms with Crippen LogP contribution in [0.3, 0.4) is 0 Å². The van der Waals surface area contributed by atoms with E-state index in [1.165, 1.54) is 38.5 Å². The summed E-state index contributed by atoms with van der Waals surface area (Å²) in [7, 11) is -1.08. The van der Waals surface area contributed by atoms with Crippen LogP contribution in [0.15, 0.2) is 0 Å². The Hall–Kier alpha value is 0.177. The van der Waals surface area contributed by atoms with E-state index >= 15 is 0 Å². The lowest BCUT2D eigenvalue weighted by Gasteiger charge is -2.28. The van der Waals surface area contributed by atoms with Gasteiger partial charge in [-0.1, -0.05) is 59.2 Å². The predicted molar refractivity (Wildman–Crippen MR) is 72.1 cm³/mol. The second-order valence-corrected chi connectivity index (χ2v) is 10.9. The highest BCUT2D eigenvalue weighted by Gasteiger charge is 2.25. The fourth-order valence-electron chi connectivity index (χ4n) is 1.91. The Labute approximate surface area is 97.6 Å². The van der Waals surface area contributed by atoms with Crippen LogP contribution in [0, 0.1) is 0 Å². The van der Waals surface area contributed by atoms with E-state index in [2.05, 4.69) is 33.5 Å². The molecule has 0 aromatic carbocycles. The summed E-state index contributed by atoms with van der Waals surface area (Å²) in [5.74, 6) is 0. The molecule has 0 spiro atoms. The van der Waals surface area contributed by atoms with Gasteiger partial charge in [0.1, 0.15) is 0 Å². The highest BCUT2D eigenvalue weighted by Crippen LogP contribution is 2.15. The predicted octanol–water partition coefficient (Wildman–Crippen LogP) is 4.63. The molecule has 0 saturated carbocycles. The van der Waals surface area contributed by atoms with Gasteiger partial charge in [0.2, 0.25) is 0 Å². The minimum Gasteiger partial charge on any atom is -0.382 e. The zero-order valence-electron chi connectivity index (χ0n) is 11.4. The molecule has 0 aliphatic heterocycles. The first kappa shape index (κ1) is 15.2. The molecule has 0 amide bonds. The lowest BCUT2D eigenvalue weighted by atomic mass is 10.2. The number of hydrogen-bond acceptors (Lipinski definition) is 1. The third-order valence-corrected chi connectivity index (χ3v) is 5.41. The van der Waals surface area contributed by atoms with Crippen LogP contribution in [0.4, 0.5) is 0 Å². The summed E-state index contributed by atoms with van der Waals surface area (Å²) in [4.78, 5) is 0. The van der Waals surface area contributed by atoms with Crippen molar-refractivity contribution in [3.05, 3.63) is 0 Å². The standard InChI is InChI=1S/C13H30OSi/c1-6-8-9-10-11-12-14-13(7-2)15(3,4)5/h13H,6-12H2,1-5H3. The maximum absolute atomic E-state index is 6.00. The summed E-state index contributed by atoms with van der Waals surface area (Å²) >= 11 is 0. The van der Waals surface area contributed by atoms with Gasteiger partial charge in [-0.3, -0.25) is 0 Å². The fraction of sp³-hybridized carbons (Fsp3) is 1.00. The Morgan fingerprint density at radius 3 is 2.00 bits per heavy atom. The van der Waals surface area contributed by atoms with E-state index in [9.17, 15) is 0 Å². The van der Waals surface area contributed by atoms with Crippen LogP contribution in [0.2, 0.25) is 19.6 Å². The highest BCUT2D eigenvalue weighted by atomic mass is 28.3. The van der Waals surface area contributed by atoms with Gasteiger partial charge in [-0.15, -0.1) is 0 Å². The van der Waals surface area contributed by atoms with Gasteiger partial charge in [-0.25, -0.2) is 0 Å². The second-order valence-electron chi connectivity index (χ2n) is 5.55. The van der Waals surface area contributed by atoms with E-state index in [0.29, 0.717) is 5.73 Å². The molecule has 0 fully saturated rings. The molecule has 15 heavy (non-hydrogen) atoms. The van der Waals surface area contributed by atoms with Crippen LogP contribution in [-0.2, 0) is 4.74 Å². The normalized spacial score (nSPS) is 14.2. The molecular weight excluding hydrogens is 200 g/mol. The largest absolute Gasteiger partial charge is 0.382 e. The molecule has 0 aromatic heterocycles. The van der Waals surface area contributed by atoms with Crippen LogP contribution in [0.25, 0.3) is 0 Å². The summed E-state index contributed by atoms with van der Waals surface area (Å²) in [5.41, 5.74) is 0.559. The first-order chi connectivity index (χ1) is 7.02. The fourth-order valence-corrected chi connectivity index (χ4v) is 3.75. The summed E-state index contributed by atoms with van der Waals surface area (Å²) in [5, 5.41) is 0. The Balaban J connectivity index is 3.48. The number of unbranched alkanes of at least 4 members (excludes halogenated alkanes) is 4. The lowest BCUT2D eigenvalue weighted by Crippen LogP contribution is -2.40. The van der Waals surface area contributed by atoms with Crippen molar-refractivity contribution in [3.8, 4) is 0 Å². The molecule has 0 rings (SSSR count). The van der Waals surface area contributed by atoms with Crippen LogP contribution in [0.5, 0.6) is 0 Å². The van der Waals surface area contributed by atoms with Crippen molar-refractivity contribution in [2.75, 3.05) is 6.61 Å². The maximum Gasteiger partial charge on any atom is 0.0785 e. The third kappa shape index (κ3) is 8.03.